The molecule has 32 heavy (non-hydrogen) atoms. The van der Waals surface area contributed by atoms with Crippen LogP contribution < -0.4 is 16.6 Å². The fraction of sp³-hybridized carbons (Fsp3) is 0.273. The summed E-state index contributed by atoms with van der Waals surface area (Å²) in [6.45, 7) is 0.952. The number of nitrogens with zero attached hydrogens (tertiary/aromatic N) is 1. The Morgan fingerprint density at radius 3 is 2.59 bits per heavy atom. The van der Waals surface area contributed by atoms with Crippen LogP contribution in [0.4, 0.5) is 18.9 Å². The molecule has 1 aromatic heterocycles. The maximum absolute atomic E-state index is 13.1. The molecule has 2 aromatic carbocycles. The molecule has 3 rings (SSSR count). The predicted molar refractivity (Wildman–Crippen MR) is 128 cm³/mol. The molecule has 1 amide bonds. The van der Waals surface area contributed by atoms with E-state index in [2.05, 4.69) is 27.9 Å². The van der Waals surface area contributed by atoms with Gasteiger partial charge in [-0.25, -0.2) is 0 Å². The molecule has 0 radical (unpaired) electrons. The Kier molecular flexibility index (Phi) is 7.84. The summed E-state index contributed by atoms with van der Waals surface area (Å²) in [5.41, 5.74) is 5.13. The lowest BCUT2D eigenvalue weighted by Gasteiger charge is -2.15. The summed E-state index contributed by atoms with van der Waals surface area (Å²) in [4.78, 5) is 25.4. The van der Waals surface area contributed by atoms with E-state index < -0.39 is 22.7 Å². The molecule has 5 nitrogen and oxygen atoms in total. The van der Waals surface area contributed by atoms with Gasteiger partial charge in [-0.05, 0) is 48.4 Å². The standard InChI is InChI=1S/C22H20ClF3IN3O2/c23-18-5-4-13(8-17(18)22(24,25)26)9-20(31)29-19-3-1-2-16-15(19)6-7-30(21(16)32)12-14(10-27)11-28/h1-8,14H,9-12,28H2,(H,29,31). The second-order valence-corrected chi connectivity index (χ2v) is 8.62. The number of hydrogen-bond acceptors (Lipinski definition) is 3. The van der Waals surface area contributed by atoms with Crippen LogP contribution in [0.1, 0.15) is 11.1 Å². The molecule has 0 aliphatic heterocycles. The van der Waals surface area contributed by atoms with E-state index in [9.17, 15) is 22.8 Å². The Morgan fingerprint density at radius 1 is 1.19 bits per heavy atom. The number of alkyl halides is 4. The predicted octanol–water partition coefficient (Wildman–Crippen LogP) is 4.86. The van der Waals surface area contributed by atoms with Gasteiger partial charge < -0.3 is 15.6 Å². The maximum atomic E-state index is 13.1. The third-order valence-electron chi connectivity index (χ3n) is 5.00. The molecule has 3 aromatic rings. The molecule has 0 fully saturated rings. The first-order valence-electron chi connectivity index (χ1n) is 9.67. The van der Waals surface area contributed by atoms with Crippen molar-refractivity contribution < 1.29 is 18.0 Å². The van der Waals surface area contributed by atoms with Gasteiger partial charge in [0.05, 0.1) is 17.0 Å². The molecule has 10 heteroatoms. The van der Waals surface area contributed by atoms with Crippen LogP contribution in [0, 0.1) is 5.92 Å². The zero-order valence-electron chi connectivity index (χ0n) is 16.8. The van der Waals surface area contributed by atoms with Crippen molar-refractivity contribution in [2.24, 2.45) is 11.7 Å². The molecule has 3 N–H and O–H groups in total. The van der Waals surface area contributed by atoms with Crippen LogP contribution in [-0.4, -0.2) is 21.4 Å². The minimum absolute atomic E-state index is 0.162. The van der Waals surface area contributed by atoms with Crippen molar-refractivity contribution in [2.45, 2.75) is 19.1 Å². The molecule has 0 saturated carbocycles. The smallest absolute Gasteiger partial charge is 0.330 e. The van der Waals surface area contributed by atoms with Crippen LogP contribution in [0.3, 0.4) is 0 Å². The zero-order valence-corrected chi connectivity index (χ0v) is 19.7. The number of anilines is 1. The molecule has 170 valence electrons. The number of carbonyl (C=O) groups excluding carboxylic acids is 1. The Morgan fingerprint density at radius 2 is 1.94 bits per heavy atom. The van der Waals surface area contributed by atoms with Gasteiger partial charge in [0, 0.05) is 33.6 Å². The van der Waals surface area contributed by atoms with Gasteiger partial charge in [0.15, 0.2) is 0 Å². The molecule has 0 aliphatic rings. The third-order valence-corrected chi connectivity index (χ3v) is 6.58. The van der Waals surface area contributed by atoms with Gasteiger partial charge in [-0.1, -0.05) is 46.3 Å². The van der Waals surface area contributed by atoms with E-state index in [-0.39, 0.29) is 23.5 Å². The summed E-state index contributed by atoms with van der Waals surface area (Å²) in [7, 11) is 0. The quantitative estimate of drug-likeness (QED) is 0.311. The number of benzene rings is 2. The summed E-state index contributed by atoms with van der Waals surface area (Å²) in [6, 6.07) is 10.0. The fourth-order valence-corrected chi connectivity index (χ4v) is 4.18. The van der Waals surface area contributed by atoms with E-state index in [0.29, 0.717) is 29.5 Å². The monoisotopic (exact) mass is 577 g/mol. The van der Waals surface area contributed by atoms with Gasteiger partial charge in [-0.2, -0.15) is 13.2 Å². The number of nitrogens with two attached hydrogens (primary N) is 1. The number of nitrogens with one attached hydrogen (secondary N) is 1. The first-order valence-corrected chi connectivity index (χ1v) is 11.6. The van der Waals surface area contributed by atoms with E-state index in [4.69, 9.17) is 17.3 Å². The molecular formula is C22H20ClF3IN3O2. The first kappa shape index (κ1) is 24.5. The normalized spacial score (nSPS) is 12.7. The summed E-state index contributed by atoms with van der Waals surface area (Å²) in [5, 5.41) is 3.25. The van der Waals surface area contributed by atoms with Gasteiger partial charge in [0.2, 0.25) is 5.91 Å². The molecule has 1 atom stereocenters. The van der Waals surface area contributed by atoms with Crippen LogP contribution in [0.5, 0.6) is 0 Å². The lowest BCUT2D eigenvalue weighted by atomic mass is 10.1. The Hall–Kier alpha value is -2.11. The van der Waals surface area contributed by atoms with Crippen LogP contribution in [0.2, 0.25) is 5.02 Å². The minimum atomic E-state index is -4.61. The van der Waals surface area contributed by atoms with Gasteiger partial charge in [-0.3, -0.25) is 9.59 Å². The Bertz CT molecular complexity index is 1190. The van der Waals surface area contributed by atoms with Gasteiger partial charge >= 0.3 is 6.18 Å². The minimum Gasteiger partial charge on any atom is -0.330 e. The number of pyridine rings is 1. The summed E-state index contributed by atoms with van der Waals surface area (Å²) >= 11 is 7.86. The van der Waals surface area contributed by atoms with E-state index in [1.807, 2.05) is 0 Å². The second-order valence-electron chi connectivity index (χ2n) is 7.33. The maximum Gasteiger partial charge on any atom is 0.417 e. The lowest BCUT2D eigenvalue weighted by molar-refractivity contribution is -0.137. The largest absolute Gasteiger partial charge is 0.417 e. The van der Waals surface area contributed by atoms with Crippen molar-refractivity contribution in [1.82, 2.24) is 4.57 Å². The number of rotatable bonds is 7. The highest BCUT2D eigenvalue weighted by Crippen LogP contribution is 2.35. The van der Waals surface area contributed by atoms with E-state index in [0.717, 1.165) is 16.6 Å². The van der Waals surface area contributed by atoms with Crippen LogP contribution >= 0.6 is 34.2 Å². The average Bonchev–Trinajstić information content (AvgIpc) is 2.74. The summed E-state index contributed by atoms with van der Waals surface area (Å²) < 4.78 is 41.6. The van der Waals surface area contributed by atoms with Crippen molar-refractivity contribution in [3.8, 4) is 0 Å². The second kappa shape index (κ2) is 10.2. The van der Waals surface area contributed by atoms with Gasteiger partial charge in [-0.15, -0.1) is 0 Å². The van der Waals surface area contributed by atoms with Gasteiger partial charge in [0.25, 0.3) is 5.56 Å². The van der Waals surface area contributed by atoms with E-state index in [1.54, 1.807) is 35.0 Å². The summed E-state index contributed by atoms with van der Waals surface area (Å²) in [6.07, 6.45) is -3.23. The first-order chi connectivity index (χ1) is 15.1. The SMILES string of the molecule is NCC(CI)Cn1ccc2c(NC(=O)Cc3ccc(Cl)c(C(F)(F)F)c3)cccc2c1=O. The highest BCUT2D eigenvalue weighted by molar-refractivity contribution is 14.1. The molecule has 0 bridgehead atoms. The molecule has 0 saturated heterocycles. The summed E-state index contributed by atoms with van der Waals surface area (Å²) in [5.74, 6) is -0.347. The molecule has 0 spiro atoms. The molecule has 1 heterocycles. The average molecular weight is 578 g/mol. The number of carbonyl (C=O) groups is 1. The van der Waals surface area contributed by atoms with Crippen molar-refractivity contribution in [3.05, 3.63) is 75.2 Å². The van der Waals surface area contributed by atoms with Crippen molar-refractivity contribution in [1.29, 1.82) is 0 Å². The van der Waals surface area contributed by atoms with Gasteiger partial charge in [0.1, 0.15) is 0 Å². The molecular weight excluding hydrogens is 558 g/mol. The Balaban J connectivity index is 1.84. The highest BCUT2D eigenvalue weighted by atomic mass is 127. The number of hydrogen-bond donors (Lipinski definition) is 2. The van der Waals surface area contributed by atoms with Crippen molar-refractivity contribution >= 4 is 56.6 Å². The van der Waals surface area contributed by atoms with Crippen LogP contribution in [0.15, 0.2) is 53.5 Å². The zero-order chi connectivity index (χ0) is 23.5. The number of halogens is 5. The lowest BCUT2D eigenvalue weighted by Crippen LogP contribution is -2.28. The van der Waals surface area contributed by atoms with Crippen molar-refractivity contribution in [3.63, 3.8) is 0 Å². The van der Waals surface area contributed by atoms with Crippen molar-refractivity contribution in [2.75, 3.05) is 16.3 Å². The van der Waals surface area contributed by atoms with E-state index >= 15 is 0 Å². The topological polar surface area (TPSA) is 77.1 Å². The molecule has 1 unspecified atom stereocenters. The fourth-order valence-electron chi connectivity index (χ4n) is 3.31. The third kappa shape index (κ3) is 5.62. The Labute approximate surface area is 200 Å². The number of amides is 1. The number of fused-ring (bicyclic) bond motifs is 1. The highest BCUT2D eigenvalue weighted by Gasteiger charge is 2.33. The molecule has 0 aliphatic carbocycles. The van der Waals surface area contributed by atoms with Crippen LogP contribution in [-0.2, 0) is 23.9 Å². The number of aromatic nitrogens is 1. The van der Waals surface area contributed by atoms with Crippen LogP contribution in [0.25, 0.3) is 10.8 Å². The van der Waals surface area contributed by atoms with E-state index in [1.165, 1.54) is 6.07 Å².